The molecule has 0 aromatic carbocycles. The van der Waals surface area contributed by atoms with Crippen LogP contribution in [0, 0.1) is 0 Å². The Labute approximate surface area is 104 Å². The van der Waals surface area contributed by atoms with E-state index in [4.69, 9.17) is 0 Å². The molecule has 0 bridgehead atoms. The van der Waals surface area contributed by atoms with E-state index in [0.717, 1.165) is 0 Å². The van der Waals surface area contributed by atoms with E-state index in [0.29, 0.717) is 0 Å². The summed E-state index contributed by atoms with van der Waals surface area (Å²) in [4.78, 5) is 0. The number of hydrogen-bond acceptors (Lipinski definition) is 0. The summed E-state index contributed by atoms with van der Waals surface area (Å²) in [6, 6.07) is 0. The minimum absolute atomic E-state index is 0. The van der Waals surface area contributed by atoms with Crippen molar-refractivity contribution in [1.29, 1.82) is 0 Å². The average Bonchev–Trinajstić information content (AvgIpc) is 0. The van der Waals surface area contributed by atoms with Crippen LogP contribution in [0.2, 0.25) is 0 Å². The third kappa shape index (κ3) is 8.96. The summed E-state index contributed by atoms with van der Waals surface area (Å²) >= 11 is 0. The molecule has 0 spiro atoms. The van der Waals surface area contributed by atoms with Crippen molar-refractivity contribution in [2.45, 2.75) is 0 Å². The fraction of sp³-hybridized carbons (Fsp3) is 0. The van der Waals surface area contributed by atoms with Crippen LogP contribution in [0.4, 0.5) is 0 Å². The van der Waals surface area contributed by atoms with E-state index in [1.54, 1.807) is 0 Å². The average molecular weight is 236 g/mol. The van der Waals surface area contributed by atoms with Gasteiger partial charge in [0.2, 0.25) is 0 Å². The summed E-state index contributed by atoms with van der Waals surface area (Å²) < 4.78 is 0. The largest absolute Gasteiger partial charge is 2.00 e. The smallest absolute Gasteiger partial charge is 1.00 e. The minimum Gasteiger partial charge on any atom is -1.00 e. The Bertz CT molecular complexity index is 14.9. The Hall–Kier alpha value is 3.19. The van der Waals surface area contributed by atoms with Gasteiger partial charge in [0.25, 0.3) is 0 Å². The molecule has 22 valence electrons. The van der Waals surface area contributed by atoms with Crippen molar-refractivity contribution in [2.24, 2.45) is 0 Å². The van der Waals surface area contributed by atoms with E-state index in [2.05, 4.69) is 0 Å². The molecule has 0 amide bonds. The van der Waals surface area contributed by atoms with Gasteiger partial charge in [-0.25, -0.2) is 0 Å². The zero-order chi connectivity index (χ0) is 0. The molecular weight excluding hydrogens is 230 g/mol. The second-order valence-electron chi connectivity index (χ2n) is 0. The molecule has 4 heavy (non-hydrogen) atoms. The molecule has 0 aliphatic heterocycles. The zero-order valence-corrected chi connectivity index (χ0v) is 7.45. The maximum absolute atomic E-state index is 0. The summed E-state index contributed by atoms with van der Waals surface area (Å²) in [7, 11) is 0. The van der Waals surface area contributed by atoms with E-state index in [-0.39, 0.29) is 106 Å². The van der Waals surface area contributed by atoms with Gasteiger partial charge >= 0.3 is 67.7 Å². The van der Waals surface area contributed by atoms with Gasteiger partial charge in [-0.15, -0.1) is 0 Å². The van der Waals surface area contributed by atoms with E-state index in [1.165, 1.54) is 0 Å². The first-order valence-electron chi connectivity index (χ1n) is 0. The molecule has 0 saturated heterocycles. The Kier molecular flexibility index (Phi) is 111. The summed E-state index contributed by atoms with van der Waals surface area (Å²) in [6.45, 7) is 0. The first kappa shape index (κ1) is 27.1. The van der Waals surface area contributed by atoms with Gasteiger partial charge in [0.05, 0.1) is 0 Å². The monoisotopic (exact) mass is 236 g/mol. The molecule has 0 saturated carbocycles. The van der Waals surface area contributed by atoms with Crippen molar-refractivity contribution >= 4 is 66.2 Å². The molecule has 0 aromatic rings. The molecule has 0 N–H and O–H groups in total. The van der Waals surface area contributed by atoms with Gasteiger partial charge < -0.3 is 4.28 Å². The Morgan fingerprint density at radius 2 is 1.25 bits per heavy atom. The fourth-order valence-electron chi connectivity index (χ4n) is 0. The Morgan fingerprint density at radius 1 is 1.25 bits per heavy atom. The predicted octanol–water partition coefficient (Wildman–Crippen LogP) is -4.23. The third-order valence-corrected chi connectivity index (χ3v) is 0. The maximum atomic E-state index is 0. The van der Waals surface area contributed by atoms with Crippen LogP contribution in [0.15, 0.2) is 0 Å². The minimum atomic E-state index is 0. The molecule has 0 aliphatic rings. The molecule has 4 heteroatoms. The van der Waals surface area contributed by atoms with Crippen molar-refractivity contribution in [3.05, 3.63) is 0 Å². The van der Waals surface area contributed by atoms with Crippen molar-refractivity contribution in [3.63, 3.8) is 0 Å². The standard InChI is InChI=1S/Al.Ba.Li.Ni.6H/q;+2;+1;;;;;3*-1. The van der Waals surface area contributed by atoms with E-state index < -0.39 is 0 Å². The van der Waals surface area contributed by atoms with Crippen molar-refractivity contribution in [2.75, 3.05) is 0 Å². The fourth-order valence-corrected chi connectivity index (χ4v) is 0. The SMILES string of the molecule is [AlH3].[Ba+2].[H-].[H-].[H-].[Li+].[Ni]. The van der Waals surface area contributed by atoms with Crippen LogP contribution in [0.25, 0.3) is 0 Å². The van der Waals surface area contributed by atoms with Crippen LogP contribution in [0.3, 0.4) is 0 Å². The van der Waals surface area contributed by atoms with Crippen LogP contribution in [0.1, 0.15) is 4.28 Å². The van der Waals surface area contributed by atoms with Crippen molar-refractivity contribution in [1.82, 2.24) is 0 Å². The van der Waals surface area contributed by atoms with Gasteiger partial charge in [-0.1, -0.05) is 0 Å². The Balaban J connectivity index is 0. The van der Waals surface area contributed by atoms with E-state index >= 15 is 0 Å². The van der Waals surface area contributed by atoms with E-state index in [1.807, 2.05) is 0 Å². The molecule has 0 rings (SSSR count). The van der Waals surface area contributed by atoms with Crippen LogP contribution >= 0.6 is 0 Å². The molecule has 0 aliphatic carbocycles. The van der Waals surface area contributed by atoms with Gasteiger partial charge in [0, 0.05) is 16.5 Å². The second-order valence-corrected chi connectivity index (χ2v) is 0. The van der Waals surface area contributed by atoms with Gasteiger partial charge in [0.1, 0.15) is 0 Å². The first-order chi connectivity index (χ1) is 0. The van der Waals surface area contributed by atoms with E-state index in [9.17, 15) is 0 Å². The first-order valence-corrected chi connectivity index (χ1v) is 0. The summed E-state index contributed by atoms with van der Waals surface area (Å²) in [6.07, 6.45) is 0. The molecule has 0 nitrogen and oxygen atoms in total. The van der Waals surface area contributed by atoms with Gasteiger partial charge in [-0.2, -0.15) is 0 Å². The van der Waals surface area contributed by atoms with Gasteiger partial charge in [-0.05, 0) is 0 Å². The maximum Gasteiger partial charge on any atom is 2.00 e. The van der Waals surface area contributed by atoms with Gasteiger partial charge in [-0.3, -0.25) is 0 Å². The summed E-state index contributed by atoms with van der Waals surface area (Å²) in [5, 5.41) is 0. The van der Waals surface area contributed by atoms with Crippen LogP contribution < -0.4 is 18.9 Å². The summed E-state index contributed by atoms with van der Waals surface area (Å²) in [5.41, 5.74) is 0. The molecule has 0 unspecified atom stereocenters. The van der Waals surface area contributed by atoms with Crippen molar-refractivity contribution in [3.8, 4) is 0 Å². The van der Waals surface area contributed by atoms with Crippen LogP contribution in [-0.2, 0) is 16.5 Å². The number of hydrogen-bond donors (Lipinski definition) is 0. The Morgan fingerprint density at radius 3 is 1.25 bits per heavy atom. The van der Waals surface area contributed by atoms with Crippen molar-refractivity contribution < 1.29 is 39.6 Å². The topological polar surface area (TPSA) is 0 Å². The predicted molar refractivity (Wildman–Crippen MR) is 19.0 cm³/mol. The molecule has 0 radical (unpaired) electrons. The van der Waals surface area contributed by atoms with Gasteiger partial charge in [0.15, 0.2) is 17.4 Å². The summed E-state index contributed by atoms with van der Waals surface area (Å²) in [5.74, 6) is 0. The molecular formula is H6AlBaLiNi. The second kappa shape index (κ2) is 16.4. The third-order valence-electron chi connectivity index (χ3n) is 0. The van der Waals surface area contributed by atoms with Crippen LogP contribution in [-0.4, -0.2) is 66.2 Å². The number of rotatable bonds is 0. The van der Waals surface area contributed by atoms with Crippen LogP contribution in [0.5, 0.6) is 0 Å². The molecule has 0 atom stereocenters. The molecule has 0 aromatic heterocycles. The zero-order valence-electron chi connectivity index (χ0n) is 5.02. The quantitative estimate of drug-likeness (QED) is 0.374. The molecule has 0 heterocycles. The normalized spacial score (nSPS) is 0. The molecule has 0 fully saturated rings.